The monoisotopic (exact) mass is 478 g/mol. The zero-order valence-electron chi connectivity index (χ0n) is 16.1. The molecule has 2 aliphatic rings. The number of ketones is 2. The summed E-state index contributed by atoms with van der Waals surface area (Å²) in [6, 6.07) is 4.84. The first kappa shape index (κ1) is 31.6. The summed E-state index contributed by atoms with van der Waals surface area (Å²) >= 11 is 0. The molecular formula is C21H23Cl2CoN3O2. The third kappa shape index (κ3) is 14.5. The van der Waals surface area contributed by atoms with E-state index in [-0.39, 0.29) is 53.2 Å². The summed E-state index contributed by atoms with van der Waals surface area (Å²) in [6.45, 7) is 2.85. The van der Waals surface area contributed by atoms with Gasteiger partial charge in [0.25, 0.3) is 0 Å². The Kier molecular flexibility index (Phi) is 19.5. The molecule has 29 heavy (non-hydrogen) atoms. The molecule has 1 aromatic heterocycles. The van der Waals surface area contributed by atoms with Crippen LogP contribution in [-0.2, 0) is 16.8 Å². The molecule has 3 rings (SSSR count). The number of hydrogen-bond donors (Lipinski definition) is 2. The van der Waals surface area contributed by atoms with E-state index in [1.165, 1.54) is 13.8 Å². The standard InChI is InChI=1S/C9H9NO2.2C6H7N.2ClH.Co/c1-6(11)8-4-3-5-9(10-8)7(2)12;2*7-6-4-2-1-3-5-6;;;/h3-5H,1-2H3;2*1-4,7H,5H2;2*1H;/q;;;;;+2/p-2. The Morgan fingerprint density at radius 1 is 0.793 bits per heavy atom. The summed E-state index contributed by atoms with van der Waals surface area (Å²) in [5, 5.41) is 14.1. The van der Waals surface area contributed by atoms with Gasteiger partial charge in [-0.2, -0.15) is 0 Å². The third-order valence-electron chi connectivity index (χ3n) is 3.24. The van der Waals surface area contributed by atoms with Crippen LogP contribution in [0.4, 0.5) is 0 Å². The maximum atomic E-state index is 10.8. The number of aromatic nitrogens is 1. The van der Waals surface area contributed by atoms with Crippen LogP contribution in [-0.4, -0.2) is 28.0 Å². The van der Waals surface area contributed by atoms with E-state index in [9.17, 15) is 9.59 Å². The Morgan fingerprint density at radius 3 is 1.38 bits per heavy atom. The van der Waals surface area contributed by atoms with Crippen molar-refractivity contribution >= 4 is 23.0 Å². The molecule has 0 aliphatic heterocycles. The Hall–Kier alpha value is -2.12. The van der Waals surface area contributed by atoms with E-state index in [4.69, 9.17) is 10.8 Å². The Morgan fingerprint density at radius 2 is 1.17 bits per heavy atom. The van der Waals surface area contributed by atoms with Crippen LogP contribution < -0.4 is 24.8 Å². The van der Waals surface area contributed by atoms with Crippen LogP contribution in [0.3, 0.4) is 0 Å². The summed E-state index contributed by atoms with van der Waals surface area (Å²) in [5.74, 6) is -0.254. The van der Waals surface area contributed by atoms with Gasteiger partial charge in [0.2, 0.25) is 0 Å². The second kappa shape index (κ2) is 17.9. The number of nitrogens with one attached hydrogen (secondary N) is 2. The first-order valence-corrected chi connectivity index (χ1v) is 8.20. The van der Waals surface area contributed by atoms with Crippen molar-refractivity contribution in [1.82, 2.24) is 4.98 Å². The molecule has 2 aliphatic carbocycles. The number of carbonyl (C=O) groups excluding carboxylic acids is 2. The molecule has 0 atom stereocenters. The quantitative estimate of drug-likeness (QED) is 0.508. The zero-order valence-corrected chi connectivity index (χ0v) is 18.7. The molecule has 0 saturated carbocycles. The van der Waals surface area contributed by atoms with Crippen LogP contribution in [0.15, 0.2) is 66.8 Å². The van der Waals surface area contributed by atoms with Crippen molar-refractivity contribution in [2.24, 2.45) is 0 Å². The second-order valence-electron chi connectivity index (χ2n) is 5.55. The van der Waals surface area contributed by atoms with Crippen LogP contribution in [0.2, 0.25) is 0 Å². The van der Waals surface area contributed by atoms with Crippen LogP contribution in [0, 0.1) is 10.8 Å². The Labute approximate surface area is 194 Å². The SMILES string of the molecule is CC(=O)c1cccc(C(C)=O)n1.N=C1C=CC=CC1.N=C1C=CC=CC1.[Cl-].[Cl-].[Co+2]. The fourth-order valence-corrected chi connectivity index (χ4v) is 1.85. The Bertz CT molecular complexity index is 753. The maximum Gasteiger partial charge on any atom is 2.00 e. The minimum Gasteiger partial charge on any atom is -1.00 e. The molecule has 1 aromatic rings. The number of carbonyl (C=O) groups is 2. The first-order chi connectivity index (χ1) is 12.4. The smallest absolute Gasteiger partial charge is 1.00 e. The molecular weight excluding hydrogens is 456 g/mol. The maximum absolute atomic E-state index is 10.8. The normalized spacial score (nSPS) is 12.6. The van der Waals surface area contributed by atoms with E-state index in [2.05, 4.69) is 4.98 Å². The summed E-state index contributed by atoms with van der Waals surface area (Å²) in [7, 11) is 0. The van der Waals surface area contributed by atoms with Gasteiger partial charge in [-0.3, -0.25) is 9.59 Å². The van der Waals surface area contributed by atoms with Crippen molar-refractivity contribution in [2.75, 3.05) is 0 Å². The van der Waals surface area contributed by atoms with Gasteiger partial charge in [0, 0.05) is 38.1 Å². The van der Waals surface area contributed by atoms with E-state index in [0.717, 1.165) is 12.8 Å². The van der Waals surface area contributed by atoms with E-state index in [1.807, 2.05) is 36.5 Å². The molecule has 8 heteroatoms. The van der Waals surface area contributed by atoms with Gasteiger partial charge in [-0.25, -0.2) is 4.98 Å². The van der Waals surface area contributed by atoms with Crippen molar-refractivity contribution in [3.8, 4) is 0 Å². The number of halogens is 2. The summed E-state index contributed by atoms with van der Waals surface area (Å²) in [6.07, 6.45) is 16.8. The predicted molar refractivity (Wildman–Crippen MR) is 105 cm³/mol. The number of rotatable bonds is 2. The van der Waals surface area contributed by atoms with Crippen molar-refractivity contribution < 1.29 is 51.2 Å². The molecule has 2 N–H and O–H groups in total. The fourth-order valence-electron chi connectivity index (χ4n) is 1.85. The van der Waals surface area contributed by atoms with E-state index in [0.29, 0.717) is 22.8 Å². The van der Waals surface area contributed by atoms with E-state index >= 15 is 0 Å². The number of allylic oxidation sites excluding steroid dienone is 8. The fraction of sp³-hybridized carbons (Fsp3) is 0.190. The summed E-state index contributed by atoms with van der Waals surface area (Å²) in [4.78, 5) is 25.6. The van der Waals surface area contributed by atoms with Gasteiger partial charge in [-0.1, -0.05) is 42.5 Å². The van der Waals surface area contributed by atoms with Crippen LogP contribution >= 0.6 is 0 Å². The van der Waals surface area contributed by atoms with Crippen LogP contribution in [0.1, 0.15) is 47.7 Å². The summed E-state index contributed by atoms with van der Waals surface area (Å²) in [5.41, 5.74) is 2.07. The molecule has 0 spiro atoms. The molecule has 0 unspecified atom stereocenters. The van der Waals surface area contributed by atoms with Gasteiger partial charge < -0.3 is 35.6 Å². The van der Waals surface area contributed by atoms with Gasteiger partial charge in [-0.15, -0.1) is 0 Å². The molecule has 0 amide bonds. The van der Waals surface area contributed by atoms with Gasteiger partial charge in [0.1, 0.15) is 11.4 Å². The molecule has 5 nitrogen and oxygen atoms in total. The third-order valence-corrected chi connectivity index (χ3v) is 3.24. The van der Waals surface area contributed by atoms with E-state index in [1.54, 1.807) is 30.4 Å². The molecule has 157 valence electrons. The van der Waals surface area contributed by atoms with Gasteiger partial charge in [-0.05, 0) is 24.3 Å². The van der Waals surface area contributed by atoms with Gasteiger partial charge in [0.05, 0.1) is 0 Å². The molecule has 1 radical (unpaired) electrons. The molecule has 0 fully saturated rings. The molecule has 1 heterocycles. The minimum atomic E-state index is -0.127. The summed E-state index contributed by atoms with van der Waals surface area (Å²) < 4.78 is 0. The molecule has 0 saturated heterocycles. The Balaban J connectivity index is -0.000000349. The average molecular weight is 479 g/mol. The van der Waals surface area contributed by atoms with Gasteiger partial charge >= 0.3 is 16.8 Å². The van der Waals surface area contributed by atoms with Crippen molar-refractivity contribution in [3.63, 3.8) is 0 Å². The van der Waals surface area contributed by atoms with Crippen molar-refractivity contribution in [2.45, 2.75) is 26.7 Å². The predicted octanol–water partition coefficient (Wildman–Crippen LogP) is -1.46. The zero-order chi connectivity index (χ0) is 19.4. The number of nitrogens with zero attached hydrogens (tertiary/aromatic N) is 1. The topological polar surface area (TPSA) is 94.7 Å². The van der Waals surface area contributed by atoms with Gasteiger partial charge in [0.15, 0.2) is 11.6 Å². The number of hydrogen-bond acceptors (Lipinski definition) is 5. The largest absolute Gasteiger partial charge is 2.00 e. The average Bonchev–Trinajstić information content (AvgIpc) is 2.64. The number of Topliss-reactive ketones (excluding diaryl/α,β-unsaturated/α-hetero) is 2. The first-order valence-electron chi connectivity index (χ1n) is 8.20. The van der Waals surface area contributed by atoms with Crippen molar-refractivity contribution in [1.29, 1.82) is 10.8 Å². The molecule has 0 aromatic carbocycles. The van der Waals surface area contributed by atoms with E-state index < -0.39 is 0 Å². The van der Waals surface area contributed by atoms with Crippen LogP contribution in [0.25, 0.3) is 0 Å². The minimum absolute atomic E-state index is 0. The molecule has 0 bridgehead atoms. The number of pyridine rings is 1. The van der Waals surface area contributed by atoms with Crippen molar-refractivity contribution in [3.05, 3.63) is 78.2 Å². The second-order valence-corrected chi connectivity index (χ2v) is 5.55. The van der Waals surface area contributed by atoms with Crippen LogP contribution in [0.5, 0.6) is 0 Å².